The van der Waals surface area contributed by atoms with Crippen molar-refractivity contribution in [1.29, 1.82) is 0 Å². The molecule has 10 heteroatoms. The summed E-state index contributed by atoms with van der Waals surface area (Å²) in [5, 5.41) is 13.7. The number of phenolic OH excluding ortho intramolecular Hbond substituents is 1. The SMILES string of the molecule is COc1cc(C=NNC(=O)COc2c(Br)cc(Br)cc2Br)cc(OC)c1O. The van der Waals surface area contributed by atoms with Gasteiger partial charge in [-0.1, -0.05) is 15.9 Å². The van der Waals surface area contributed by atoms with Crippen LogP contribution < -0.4 is 19.6 Å². The van der Waals surface area contributed by atoms with Crippen LogP contribution >= 0.6 is 47.8 Å². The minimum absolute atomic E-state index is 0.111. The second kappa shape index (κ2) is 9.95. The Morgan fingerprint density at radius 1 is 1.11 bits per heavy atom. The molecular formula is C17H15Br3N2O5. The Morgan fingerprint density at radius 2 is 1.67 bits per heavy atom. The summed E-state index contributed by atoms with van der Waals surface area (Å²) in [6.07, 6.45) is 1.40. The van der Waals surface area contributed by atoms with Crippen LogP contribution in [0.2, 0.25) is 0 Å². The van der Waals surface area contributed by atoms with Crippen molar-refractivity contribution in [3.05, 3.63) is 43.2 Å². The minimum atomic E-state index is -0.439. The first-order valence-electron chi connectivity index (χ1n) is 7.40. The van der Waals surface area contributed by atoms with Crippen LogP contribution in [0.15, 0.2) is 42.8 Å². The number of hydrogen-bond acceptors (Lipinski definition) is 6. The van der Waals surface area contributed by atoms with Crippen molar-refractivity contribution < 1.29 is 24.1 Å². The quantitative estimate of drug-likeness (QED) is 0.387. The molecule has 2 aromatic rings. The van der Waals surface area contributed by atoms with E-state index < -0.39 is 5.91 Å². The lowest BCUT2D eigenvalue weighted by Crippen LogP contribution is -2.24. The molecule has 144 valence electrons. The van der Waals surface area contributed by atoms with Crippen LogP contribution in [-0.2, 0) is 4.79 Å². The number of amides is 1. The molecule has 0 saturated heterocycles. The van der Waals surface area contributed by atoms with E-state index in [0.717, 1.165) is 4.47 Å². The monoisotopic (exact) mass is 564 g/mol. The van der Waals surface area contributed by atoms with Gasteiger partial charge in [0.05, 0.1) is 29.4 Å². The first-order chi connectivity index (χ1) is 12.8. The van der Waals surface area contributed by atoms with E-state index in [1.807, 2.05) is 12.1 Å². The molecule has 2 aromatic carbocycles. The number of benzene rings is 2. The van der Waals surface area contributed by atoms with Crippen molar-refractivity contribution in [3.8, 4) is 23.0 Å². The van der Waals surface area contributed by atoms with Gasteiger partial charge in [-0.25, -0.2) is 5.43 Å². The van der Waals surface area contributed by atoms with Gasteiger partial charge in [0.2, 0.25) is 5.75 Å². The summed E-state index contributed by atoms with van der Waals surface area (Å²) in [7, 11) is 2.85. The van der Waals surface area contributed by atoms with Gasteiger partial charge in [0, 0.05) is 10.0 Å². The third kappa shape index (κ3) is 5.85. The van der Waals surface area contributed by atoms with E-state index in [1.54, 1.807) is 12.1 Å². The van der Waals surface area contributed by atoms with Gasteiger partial charge in [-0.2, -0.15) is 5.10 Å². The molecule has 2 N–H and O–H groups in total. The molecule has 0 radical (unpaired) electrons. The number of hydrazone groups is 1. The number of ether oxygens (including phenoxy) is 3. The average molecular weight is 567 g/mol. The van der Waals surface area contributed by atoms with E-state index in [4.69, 9.17) is 14.2 Å². The van der Waals surface area contributed by atoms with Crippen LogP contribution in [0, 0.1) is 0 Å². The Kier molecular flexibility index (Phi) is 7.93. The summed E-state index contributed by atoms with van der Waals surface area (Å²) in [6, 6.07) is 6.73. The topological polar surface area (TPSA) is 89.4 Å². The molecule has 27 heavy (non-hydrogen) atoms. The van der Waals surface area contributed by atoms with Crippen molar-refractivity contribution in [2.45, 2.75) is 0 Å². The van der Waals surface area contributed by atoms with E-state index in [-0.39, 0.29) is 23.9 Å². The number of methoxy groups -OCH3 is 2. The van der Waals surface area contributed by atoms with E-state index >= 15 is 0 Å². The first-order valence-corrected chi connectivity index (χ1v) is 9.77. The minimum Gasteiger partial charge on any atom is -0.502 e. The summed E-state index contributed by atoms with van der Waals surface area (Å²) in [6.45, 7) is -0.224. The molecule has 2 rings (SSSR count). The van der Waals surface area contributed by atoms with Gasteiger partial charge < -0.3 is 19.3 Å². The molecule has 0 fully saturated rings. The van der Waals surface area contributed by atoms with Crippen LogP contribution in [0.25, 0.3) is 0 Å². The number of hydrogen-bond donors (Lipinski definition) is 2. The maximum absolute atomic E-state index is 11.9. The van der Waals surface area contributed by atoms with Crippen molar-refractivity contribution >= 4 is 59.9 Å². The molecule has 0 heterocycles. The fraction of sp³-hybridized carbons (Fsp3) is 0.176. The van der Waals surface area contributed by atoms with Crippen LogP contribution in [0.4, 0.5) is 0 Å². The van der Waals surface area contributed by atoms with Gasteiger partial charge in [0.1, 0.15) is 5.75 Å². The van der Waals surface area contributed by atoms with Crippen molar-refractivity contribution in [1.82, 2.24) is 5.43 Å². The normalized spacial score (nSPS) is 10.7. The summed E-state index contributed by atoms with van der Waals surface area (Å²) < 4.78 is 17.9. The Balaban J connectivity index is 1.98. The molecular weight excluding hydrogens is 552 g/mol. The number of nitrogens with zero attached hydrogens (tertiary/aromatic N) is 1. The van der Waals surface area contributed by atoms with E-state index in [1.165, 1.54) is 20.4 Å². The zero-order chi connectivity index (χ0) is 20.0. The van der Waals surface area contributed by atoms with Crippen LogP contribution in [0.1, 0.15) is 5.56 Å². The molecule has 0 atom stereocenters. The predicted octanol–water partition coefficient (Wildman–Crippen LogP) is 4.23. The summed E-state index contributed by atoms with van der Waals surface area (Å²) in [5.41, 5.74) is 2.93. The number of phenols is 1. The Hall–Kier alpha value is -1.78. The van der Waals surface area contributed by atoms with E-state index in [2.05, 4.69) is 58.3 Å². The van der Waals surface area contributed by atoms with Crippen molar-refractivity contribution in [2.24, 2.45) is 5.10 Å². The smallest absolute Gasteiger partial charge is 0.277 e. The van der Waals surface area contributed by atoms with Gasteiger partial charge in [-0.05, 0) is 56.1 Å². The summed E-state index contributed by atoms with van der Waals surface area (Å²) in [4.78, 5) is 11.9. The fourth-order valence-corrected chi connectivity index (χ4v) is 4.49. The molecule has 0 unspecified atom stereocenters. The molecule has 1 amide bonds. The van der Waals surface area contributed by atoms with Gasteiger partial charge in [0.15, 0.2) is 18.1 Å². The van der Waals surface area contributed by atoms with Crippen LogP contribution in [-0.4, -0.2) is 38.1 Å². The largest absolute Gasteiger partial charge is 0.502 e. The fourth-order valence-electron chi connectivity index (χ4n) is 2.00. The Morgan fingerprint density at radius 3 is 2.19 bits per heavy atom. The molecule has 0 aliphatic carbocycles. The lowest BCUT2D eigenvalue weighted by molar-refractivity contribution is -0.123. The predicted molar refractivity (Wildman–Crippen MR) is 112 cm³/mol. The van der Waals surface area contributed by atoms with Crippen molar-refractivity contribution in [2.75, 3.05) is 20.8 Å². The number of nitrogens with one attached hydrogen (secondary N) is 1. The zero-order valence-electron chi connectivity index (χ0n) is 14.3. The average Bonchev–Trinajstić information content (AvgIpc) is 2.61. The number of rotatable bonds is 7. The molecule has 7 nitrogen and oxygen atoms in total. The third-order valence-electron chi connectivity index (χ3n) is 3.22. The molecule has 0 bridgehead atoms. The van der Waals surface area contributed by atoms with Crippen LogP contribution in [0.5, 0.6) is 23.0 Å². The molecule has 0 aliphatic rings. The molecule has 0 aromatic heterocycles. The maximum Gasteiger partial charge on any atom is 0.277 e. The van der Waals surface area contributed by atoms with Crippen LogP contribution in [0.3, 0.4) is 0 Å². The van der Waals surface area contributed by atoms with Gasteiger partial charge in [-0.15, -0.1) is 0 Å². The lowest BCUT2D eigenvalue weighted by Gasteiger charge is -2.10. The Bertz CT molecular complexity index is 826. The highest BCUT2D eigenvalue weighted by molar-refractivity contribution is 9.11. The second-order valence-corrected chi connectivity index (χ2v) is 7.68. The van der Waals surface area contributed by atoms with Gasteiger partial charge in [-0.3, -0.25) is 4.79 Å². The molecule has 0 saturated carbocycles. The van der Waals surface area contributed by atoms with Crippen molar-refractivity contribution in [3.63, 3.8) is 0 Å². The standard InChI is InChI=1S/C17H15Br3N2O5/c1-25-13-3-9(4-14(26-2)16(13)24)7-21-22-15(23)8-27-17-11(19)5-10(18)6-12(17)20/h3-7,24H,8H2,1-2H3,(H,22,23). The second-order valence-electron chi connectivity index (χ2n) is 5.05. The highest BCUT2D eigenvalue weighted by Gasteiger charge is 2.11. The number of aromatic hydroxyl groups is 1. The van der Waals surface area contributed by atoms with Gasteiger partial charge in [0.25, 0.3) is 5.91 Å². The lowest BCUT2D eigenvalue weighted by atomic mass is 10.2. The summed E-state index contributed by atoms with van der Waals surface area (Å²) in [5.74, 6) is 0.419. The number of halogens is 3. The first kappa shape index (κ1) is 21.5. The van der Waals surface area contributed by atoms with E-state index in [0.29, 0.717) is 20.3 Å². The third-order valence-corrected chi connectivity index (χ3v) is 4.85. The highest BCUT2D eigenvalue weighted by atomic mass is 79.9. The van der Waals surface area contributed by atoms with Gasteiger partial charge >= 0.3 is 0 Å². The van der Waals surface area contributed by atoms with E-state index in [9.17, 15) is 9.90 Å². The zero-order valence-corrected chi connectivity index (χ0v) is 19.0. The molecule has 0 aliphatic heterocycles. The Labute approximate surface area is 181 Å². The maximum atomic E-state index is 11.9. The summed E-state index contributed by atoms with van der Waals surface area (Å²) >= 11 is 10.1. The molecule has 0 spiro atoms. The number of carbonyl (C=O) groups excluding carboxylic acids is 1. The number of carbonyl (C=O) groups is 1. The highest BCUT2D eigenvalue weighted by Crippen LogP contribution is 2.37.